The van der Waals surface area contributed by atoms with Crippen molar-refractivity contribution in [3.05, 3.63) is 53.7 Å². The van der Waals surface area contributed by atoms with E-state index in [9.17, 15) is 18.8 Å². The highest BCUT2D eigenvalue weighted by Crippen LogP contribution is 2.22. The topological polar surface area (TPSA) is 82.9 Å². The van der Waals surface area contributed by atoms with E-state index in [1.54, 1.807) is 40.9 Å². The molecule has 2 aromatic rings. The summed E-state index contributed by atoms with van der Waals surface area (Å²) in [6, 6.07) is 6.99. The smallest absolute Gasteiger partial charge is 0.287 e. The third-order valence-electron chi connectivity index (χ3n) is 5.25. The van der Waals surface area contributed by atoms with Crippen molar-refractivity contribution in [2.75, 3.05) is 43.1 Å². The molecule has 1 atom stereocenters. The molecule has 1 N–H and O–H groups in total. The van der Waals surface area contributed by atoms with Crippen LogP contribution in [0, 0.1) is 5.82 Å². The van der Waals surface area contributed by atoms with Crippen LogP contribution in [0.15, 0.2) is 41.0 Å². The zero-order valence-corrected chi connectivity index (χ0v) is 18.4. The monoisotopic (exact) mass is 447 g/mol. The van der Waals surface area contributed by atoms with Crippen LogP contribution in [0.2, 0.25) is 0 Å². The number of rotatable bonds is 8. The highest BCUT2D eigenvalue weighted by molar-refractivity contribution is 7.98. The van der Waals surface area contributed by atoms with E-state index in [1.807, 2.05) is 11.2 Å². The number of hydrogen-bond acceptors (Lipinski definition) is 6. The summed E-state index contributed by atoms with van der Waals surface area (Å²) < 4.78 is 19.6. The SMILES string of the molecule is CSCCC(NC(=O)c1ccco1)C(=O)N1CCN(c2ccc(C(C)=O)cc2F)CC1. The second kappa shape index (κ2) is 10.5. The van der Waals surface area contributed by atoms with Crippen LogP contribution in [-0.2, 0) is 4.79 Å². The fraction of sp³-hybridized carbons (Fsp3) is 0.409. The van der Waals surface area contributed by atoms with Crippen molar-refractivity contribution in [1.29, 1.82) is 0 Å². The van der Waals surface area contributed by atoms with Crippen LogP contribution in [0.5, 0.6) is 0 Å². The van der Waals surface area contributed by atoms with Gasteiger partial charge in [-0.3, -0.25) is 14.4 Å². The van der Waals surface area contributed by atoms with Crippen LogP contribution >= 0.6 is 11.8 Å². The van der Waals surface area contributed by atoms with Crippen molar-refractivity contribution in [3.63, 3.8) is 0 Å². The molecule has 1 aromatic heterocycles. The molecule has 1 aliphatic rings. The van der Waals surface area contributed by atoms with E-state index in [1.165, 1.54) is 19.3 Å². The number of hydrogen-bond donors (Lipinski definition) is 1. The molecular weight excluding hydrogens is 421 g/mol. The Balaban J connectivity index is 1.62. The summed E-state index contributed by atoms with van der Waals surface area (Å²) in [5.74, 6) is -0.319. The summed E-state index contributed by atoms with van der Waals surface area (Å²) in [6.45, 7) is 3.15. The number of benzene rings is 1. The first-order valence-corrected chi connectivity index (χ1v) is 11.5. The van der Waals surface area contributed by atoms with Crippen molar-refractivity contribution in [1.82, 2.24) is 10.2 Å². The molecule has 0 spiro atoms. The summed E-state index contributed by atoms with van der Waals surface area (Å²) in [4.78, 5) is 40.4. The average molecular weight is 448 g/mol. The Morgan fingerprint density at radius 2 is 1.94 bits per heavy atom. The van der Waals surface area contributed by atoms with Crippen molar-refractivity contribution >= 4 is 35.0 Å². The largest absolute Gasteiger partial charge is 0.459 e. The quantitative estimate of drug-likeness (QED) is 0.627. The van der Waals surface area contributed by atoms with Crippen LogP contribution in [0.1, 0.15) is 34.3 Å². The maximum Gasteiger partial charge on any atom is 0.287 e. The number of anilines is 1. The number of furan rings is 1. The molecule has 166 valence electrons. The normalized spacial score (nSPS) is 14.9. The predicted molar refractivity (Wildman–Crippen MR) is 118 cm³/mol. The minimum atomic E-state index is -0.650. The molecule has 1 fully saturated rings. The first-order chi connectivity index (χ1) is 14.9. The molecule has 1 unspecified atom stereocenters. The number of Topliss-reactive ketones (excluding diaryl/α,β-unsaturated/α-hetero) is 1. The molecule has 2 heterocycles. The first-order valence-electron chi connectivity index (χ1n) is 10.1. The molecule has 2 amide bonds. The molecule has 0 bridgehead atoms. The Kier molecular flexibility index (Phi) is 7.73. The molecule has 31 heavy (non-hydrogen) atoms. The van der Waals surface area contributed by atoms with E-state index in [4.69, 9.17) is 4.42 Å². The fourth-order valence-electron chi connectivity index (χ4n) is 3.50. The molecule has 3 rings (SSSR count). The number of amides is 2. The number of carbonyl (C=O) groups excluding carboxylic acids is 3. The number of nitrogens with zero attached hydrogens (tertiary/aromatic N) is 2. The lowest BCUT2D eigenvalue weighted by Crippen LogP contribution is -2.55. The Morgan fingerprint density at radius 1 is 1.19 bits per heavy atom. The number of ketones is 1. The summed E-state index contributed by atoms with van der Waals surface area (Å²) in [7, 11) is 0. The Labute approximate surface area is 184 Å². The lowest BCUT2D eigenvalue weighted by molar-refractivity contribution is -0.133. The number of nitrogens with one attached hydrogen (secondary N) is 1. The zero-order chi connectivity index (χ0) is 22.4. The highest BCUT2D eigenvalue weighted by Gasteiger charge is 2.29. The summed E-state index contributed by atoms with van der Waals surface area (Å²) in [6.07, 6.45) is 3.86. The van der Waals surface area contributed by atoms with Gasteiger partial charge in [-0.25, -0.2) is 4.39 Å². The van der Waals surface area contributed by atoms with Gasteiger partial charge in [0, 0.05) is 31.7 Å². The van der Waals surface area contributed by atoms with Gasteiger partial charge in [-0.15, -0.1) is 0 Å². The molecule has 9 heteroatoms. The van der Waals surface area contributed by atoms with Crippen LogP contribution in [-0.4, -0.2) is 66.7 Å². The van der Waals surface area contributed by atoms with Gasteiger partial charge >= 0.3 is 0 Å². The maximum absolute atomic E-state index is 14.5. The molecular formula is C22H26FN3O4S. The van der Waals surface area contributed by atoms with Gasteiger partial charge in [-0.2, -0.15) is 11.8 Å². The molecule has 1 aliphatic heterocycles. The Morgan fingerprint density at radius 3 is 2.52 bits per heavy atom. The summed E-state index contributed by atoms with van der Waals surface area (Å²) in [5, 5.41) is 2.78. The van der Waals surface area contributed by atoms with Crippen molar-refractivity contribution in [2.45, 2.75) is 19.4 Å². The molecule has 0 saturated carbocycles. The molecule has 0 aliphatic carbocycles. The van der Waals surface area contributed by atoms with Gasteiger partial charge in [0.15, 0.2) is 11.5 Å². The molecule has 1 aromatic carbocycles. The Bertz CT molecular complexity index is 927. The van der Waals surface area contributed by atoms with E-state index in [0.29, 0.717) is 43.9 Å². The zero-order valence-electron chi connectivity index (χ0n) is 17.6. The maximum atomic E-state index is 14.5. The second-order valence-corrected chi connectivity index (χ2v) is 8.31. The molecule has 7 nitrogen and oxygen atoms in total. The van der Waals surface area contributed by atoms with Crippen molar-refractivity contribution in [3.8, 4) is 0 Å². The average Bonchev–Trinajstić information content (AvgIpc) is 3.31. The van der Waals surface area contributed by atoms with Gasteiger partial charge in [0.25, 0.3) is 5.91 Å². The summed E-state index contributed by atoms with van der Waals surface area (Å²) >= 11 is 1.60. The van der Waals surface area contributed by atoms with E-state index in [0.717, 1.165) is 5.75 Å². The standard InChI is InChI=1S/C22H26FN3O4S/c1-15(27)16-5-6-19(17(23)14-16)25-8-10-26(11-9-25)22(29)18(7-13-31-2)24-21(28)20-4-3-12-30-20/h3-6,12,14,18H,7-11,13H2,1-2H3,(H,24,28). The van der Waals surface area contributed by atoms with Gasteiger partial charge in [0.1, 0.15) is 11.9 Å². The third kappa shape index (κ3) is 5.66. The van der Waals surface area contributed by atoms with E-state index in [2.05, 4.69) is 5.32 Å². The Hall–Kier alpha value is -2.81. The molecule has 0 radical (unpaired) electrons. The first kappa shape index (κ1) is 22.9. The van der Waals surface area contributed by atoms with Gasteiger partial charge in [0.05, 0.1) is 12.0 Å². The number of carbonyl (C=O) groups is 3. The summed E-state index contributed by atoms with van der Waals surface area (Å²) in [5.41, 5.74) is 0.751. The fourth-order valence-corrected chi connectivity index (χ4v) is 3.97. The van der Waals surface area contributed by atoms with Crippen molar-refractivity contribution < 1.29 is 23.2 Å². The van der Waals surface area contributed by atoms with E-state index in [-0.39, 0.29) is 17.5 Å². The highest BCUT2D eigenvalue weighted by atomic mass is 32.2. The van der Waals surface area contributed by atoms with Gasteiger partial charge in [-0.05, 0) is 55.7 Å². The third-order valence-corrected chi connectivity index (χ3v) is 5.89. The van der Waals surface area contributed by atoms with E-state index >= 15 is 0 Å². The minimum absolute atomic E-state index is 0.152. The number of thioether (sulfide) groups is 1. The van der Waals surface area contributed by atoms with Gasteiger partial charge in [0.2, 0.25) is 5.91 Å². The number of halogens is 1. The van der Waals surface area contributed by atoms with Crippen LogP contribution < -0.4 is 10.2 Å². The van der Waals surface area contributed by atoms with Crippen LogP contribution in [0.3, 0.4) is 0 Å². The lowest BCUT2D eigenvalue weighted by atomic mass is 10.1. The van der Waals surface area contributed by atoms with Crippen LogP contribution in [0.4, 0.5) is 10.1 Å². The lowest BCUT2D eigenvalue weighted by Gasteiger charge is -2.37. The molecule has 1 saturated heterocycles. The van der Waals surface area contributed by atoms with Gasteiger partial charge in [-0.1, -0.05) is 0 Å². The van der Waals surface area contributed by atoms with Crippen LogP contribution in [0.25, 0.3) is 0 Å². The van der Waals surface area contributed by atoms with Gasteiger partial charge < -0.3 is 19.5 Å². The van der Waals surface area contributed by atoms with Crippen molar-refractivity contribution in [2.24, 2.45) is 0 Å². The second-order valence-electron chi connectivity index (χ2n) is 7.32. The minimum Gasteiger partial charge on any atom is -0.459 e. The number of piperazine rings is 1. The predicted octanol–water partition coefficient (Wildman–Crippen LogP) is 2.82. The van der Waals surface area contributed by atoms with E-state index < -0.39 is 17.8 Å².